The quantitative estimate of drug-likeness (QED) is 0.814. The molecule has 0 amide bonds. The van der Waals surface area contributed by atoms with E-state index in [1.54, 1.807) is 0 Å². The lowest BCUT2D eigenvalue weighted by atomic mass is 9.85. The Morgan fingerprint density at radius 1 is 1.12 bits per heavy atom. The van der Waals surface area contributed by atoms with Gasteiger partial charge in [-0.2, -0.15) is 8.78 Å². The predicted molar refractivity (Wildman–Crippen MR) is 62.2 cm³/mol. The zero-order valence-electron chi connectivity index (χ0n) is 9.79. The van der Waals surface area contributed by atoms with Crippen LogP contribution >= 0.6 is 0 Å². The molecule has 1 fully saturated rings. The number of halogens is 2. The van der Waals surface area contributed by atoms with Crippen molar-refractivity contribution in [3.05, 3.63) is 0 Å². The van der Waals surface area contributed by atoms with Crippen molar-refractivity contribution >= 4 is 10.0 Å². The third kappa shape index (κ3) is 4.15. The highest BCUT2D eigenvalue weighted by atomic mass is 32.2. The zero-order valence-corrected chi connectivity index (χ0v) is 10.6. The minimum Gasteiger partial charge on any atom is -0.329 e. The summed E-state index contributed by atoms with van der Waals surface area (Å²) in [5.41, 5.74) is 4.71. The lowest BCUT2D eigenvalue weighted by Gasteiger charge is -2.34. The second-order valence-electron chi connectivity index (χ2n) is 4.66. The minimum absolute atomic E-state index is 0.0684. The van der Waals surface area contributed by atoms with Crippen LogP contribution in [0.15, 0.2) is 0 Å². The summed E-state index contributed by atoms with van der Waals surface area (Å²) in [6.45, 7) is 0.0684. The lowest BCUT2D eigenvalue weighted by Crippen LogP contribution is -2.55. The third-order valence-corrected chi connectivity index (χ3v) is 4.48. The molecule has 0 unspecified atom stereocenters. The summed E-state index contributed by atoms with van der Waals surface area (Å²) in [6.07, 6.45) is 5.83. The number of hydrogen-bond donors (Lipinski definition) is 2. The molecule has 1 saturated carbocycles. The standard InChI is InChI=1S/C10H20F2N2O2S/c11-9(12)17(15,16)14-10(8-13)6-4-2-1-3-5-7-10/h9,14H,1-8,13H2. The second kappa shape index (κ2) is 6.06. The Bertz CT molecular complexity index is 325. The molecular formula is C10H20F2N2O2S. The Morgan fingerprint density at radius 2 is 1.59 bits per heavy atom. The van der Waals surface area contributed by atoms with Crippen LogP contribution in [0.3, 0.4) is 0 Å². The molecule has 3 N–H and O–H groups in total. The number of nitrogens with two attached hydrogens (primary N) is 1. The topological polar surface area (TPSA) is 72.2 Å². The summed E-state index contributed by atoms with van der Waals surface area (Å²) in [6, 6.07) is 0. The summed E-state index contributed by atoms with van der Waals surface area (Å²) < 4.78 is 49.3. The molecule has 0 atom stereocenters. The fourth-order valence-electron chi connectivity index (χ4n) is 2.28. The van der Waals surface area contributed by atoms with E-state index in [0.29, 0.717) is 12.8 Å². The summed E-state index contributed by atoms with van der Waals surface area (Å²) >= 11 is 0. The third-order valence-electron chi connectivity index (χ3n) is 3.29. The van der Waals surface area contributed by atoms with E-state index in [0.717, 1.165) is 32.1 Å². The maximum Gasteiger partial charge on any atom is 0.350 e. The second-order valence-corrected chi connectivity index (χ2v) is 6.31. The van der Waals surface area contributed by atoms with Crippen LogP contribution in [0.25, 0.3) is 0 Å². The first-order chi connectivity index (χ1) is 7.92. The molecule has 0 spiro atoms. The minimum atomic E-state index is -4.56. The van der Waals surface area contributed by atoms with Gasteiger partial charge in [-0.1, -0.05) is 32.1 Å². The van der Waals surface area contributed by atoms with Gasteiger partial charge < -0.3 is 5.73 Å². The molecule has 1 aliphatic carbocycles. The van der Waals surface area contributed by atoms with E-state index in [2.05, 4.69) is 4.72 Å². The van der Waals surface area contributed by atoms with Crippen molar-refractivity contribution in [2.45, 2.75) is 56.2 Å². The molecule has 0 aliphatic heterocycles. The van der Waals surface area contributed by atoms with Crippen LogP contribution in [0, 0.1) is 0 Å². The van der Waals surface area contributed by atoms with Crippen LogP contribution in [0.5, 0.6) is 0 Å². The molecule has 102 valence electrons. The van der Waals surface area contributed by atoms with Gasteiger partial charge in [0.25, 0.3) is 10.0 Å². The van der Waals surface area contributed by atoms with Gasteiger partial charge in [0.2, 0.25) is 0 Å². The summed E-state index contributed by atoms with van der Waals surface area (Å²) in [4.78, 5) is 0. The maximum absolute atomic E-state index is 12.4. The van der Waals surface area contributed by atoms with Gasteiger partial charge in [-0.3, -0.25) is 0 Å². The van der Waals surface area contributed by atoms with Gasteiger partial charge in [-0.05, 0) is 12.8 Å². The molecule has 0 heterocycles. The van der Waals surface area contributed by atoms with E-state index in [1.165, 1.54) is 0 Å². The molecule has 17 heavy (non-hydrogen) atoms. The van der Waals surface area contributed by atoms with Crippen LogP contribution in [0.2, 0.25) is 0 Å². The Morgan fingerprint density at radius 3 is 2.00 bits per heavy atom. The normalized spacial score (nSPS) is 22.1. The Kier molecular flexibility index (Phi) is 5.27. The van der Waals surface area contributed by atoms with E-state index >= 15 is 0 Å². The molecule has 4 nitrogen and oxygen atoms in total. The van der Waals surface area contributed by atoms with Gasteiger partial charge >= 0.3 is 5.76 Å². The highest BCUT2D eigenvalue weighted by Gasteiger charge is 2.37. The summed E-state index contributed by atoms with van der Waals surface area (Å²) in [5.74, 6) is -3.39. The van der Waals surface area contributed by atoms with Gasteiger partial charge in [-0.15, -0.1) is 0 Å². The highest BCUT2D eigenvalue weighted by Crippen LogP contribution is 2.27. The fourth-order valence-corrected chi connectivity index (χ4v) is 3.26. The first-order valence-electron chi connectivity index (χ1n) is 5.93. The van der Waals surface area contributed by atoms with E-state index in [-0.39, 0.29) is 6.54 Å². The molecule has 7 heteroatoms. The Labute approximate surface area is 101 Å². The molecule has 1 rings (SSSR count). The SMILES string of the molecule is NCC1(NS(=O)(=O)C(F)F)CCCCCCC1. The van der Waals surface area contributed by atoms with E-state index < -0.39 is 21.3 Å². The van der Waals surface area contributed by atoms with Crippen molar-refractivity contribution in [3.8, 4) is 0 Å². The number of alkyl halides is 2. The molecule has 0 aromatic carbocycles. The zero-order chi connectivity index (χ0) is 12.9. The summed E-state index contributed by atoms with van der Waals surface area (Å²) in [5, 5.41) is 0. The molecule has 0 aromatic heterocycles. The number of hydrogen-bond acceptors (Lipinski definition) is 3. The number of rotatable bonds is 4. The molecule has 1 aliphatic rings. The van der Waals surface area contributed by atoms with Crippen LogP contribution in [0.1, 0.15) is 44.9 Å². The lowest BCUT2D eigenvalue weighted by molar-refractivity contribution is 0.222. The molecular weight excluding hydrogens is 250 g/mol. The fraction of sp³-hybridized carbons (Fsp3) is 1.00. The Hall–Kier alpha value is -0.270. The van der Waals surface area contributed by atoms with Crippen LogP contribution < -0.4 is 10.5 Å². The van der Waals surface area contributed by atoms with Crippen molar-refractivity contribution in [2.75, 3.05) is 6.54 Å². The van der Waals surface area contributed by atoms with Gasteiger partial charge in [0, 0.05) is 12.1 Å². The largest absolute Gasteiger partial charge is 0.350 e. The molecule has 0 radical (unpaired) electrons. The number of nitrogens with one attached hydrogen (secondary N) is 1. The van der Waals surface area contributed by atoms with E-state index in [4.69, 9.17) is 5.73 Å². The first kappa shape index (κ1) is 14.8. The Balaban J connectivity index is 2.79. The first-order valence-corrected chi connectivity index (χ1v) is 7.47. The maximum atomic E-state index is 12.4. The highest BCUT2D eigenvalue weighted by molar-refractivity contribution is 7.89. The van der Waals surface area contributed by atoms with Gasteiger partial charge in [0.05, 0.1) is 0 Å². The van der Waals surface area contributed by atoms with Crippen molar-refractivity contribution in [2.24, 2.45) is 5.73 Å². The number of sulfonamides is 1. The smallest absolute Gasteiger partial charge is 0.329 e. The predicted octanol–water partition coefficient (Wildman–Crippen LogP) is 1.57. The van der Waals surface area contributed by atoms with Crippen molar-refractivity contribution in [1.82, 2.24) is 4.72 Å². The average Bonchev–Trinajstić information content (AvgIpc) is 2.22. The van der Waals surface area contributed by atoms with Gasteiger partial charge in [0.1, 0.15) is 0 Å². The molecule has 0 aromatic rings. The van der Waals surface area contributed by atoms with Crippen molar-refractivity contribution < 1.29 is 17.2 Å². The van der Waals surface area contributed by atoms with E-state index in [1.807, 2.05) is 0 Å². The average molecular weight is 270 g/mol. The van der Waals surface area contributed by atoms with Crippen LogP contribution in [-0.2, 0) is 10.0 Å². The van der Waals surface area contributed by atoms with Gasteiger partial charge in [0.15, 0.2) is 0 Å². The molecule has 0 saturated heterocycles. The monoisotopic (exact) mass is 270 g/mol. The van der Waals surface area contributed by atoms with Crippen molar-refractivity contribution in [3.63, 3.8) is 0 Å². The van der Waals surface area contributed by atoms with Crippen molar-refractivity contribution in [1.29, 1.82) is 0 Å². The van der Waals surface area contributed by atoms with Crippen LogP contribution in [0.4, 0.5) is 8.78 Å². The van der Waals surface area contributed by atoms with Gasteiger partial charge in [-0.25, -0.2) is 13.1 Å². The van der Waals surface area contributed by atoms with E-state index in [9.17, 15) is 17.2 Å². The molecule has 0 bridgehead atoms. The summed E-state index contributed by atoms with van der Waals surface area (Å²) in [7, 11) is -4.56. The van der Waals surface area contributed by atoms with Crippen LogP contribution in [-0.4, -0.2) is 26.3 Å².